The summed E-state index contributed by atoms with van der Waals surface area (Å²) in [6, 6.07) is 0. The highest BCUT2D eigenvalue weighted by molar-refractivity contribution is 14.0. The SMILES string of the molecule is Cc1nnc(CN=C(NCCCC2CCCC2)NCC2CCCO2)n1C.I. The largest absolute Gasteiger partial charge is 0.376 e. The van der Waals surface area contributed by atoms with Crippen molar-refractivity contribution in [3.8, 4) is 0 Å². The molecule has 0 aromatic carbocycles. The quantitative estimate of drug-likeness (QED) is 0.254. The molecular formula is C19H35IN6O. The summed E-state index contributed by atoms with van der Waals surface area (Å²) in [5, 5.41) is 15.2. The first-order valence-corrected chi connectivity index (χ1v) is 10.2. The van der Waals surface area contributed by atoms with Crippen LogP contribution in [-0.4, -0.2) is 46.5 Å². The number of halogens is 1. The molecule has 0 bridgehead atoms. The third-order valence-corrected chi connectivity index (χ3v) is 5.64. The van der Waals surface area contributed by atoms with Crippen LogP contribution < -0.4 is 10.6 Å². The van der Waals surface area contributed by atoms with Gasteiger partial charge < -0.3 is 19.9 Å². The van der Waals surface area contributed by atoms with Gasteiger partial charge in [0.2, 0.25) is 0 Å². The molecule has 1 aliphatic heterocycles. The number of nitrogens with one attached hydrogen (secondary N) is 2. The van der Waals surface area contributed by atoms with Gasteiger partial charge in [0, 0.05) is 26.7 Å². The smallest absolute Gasteiger partial charge is 0.191 e. The molecule has 3 rings (SSSR count). The van der Waals surface area contributed by atoms with Gasteiger partial charge >= 0.3 is 0 Å². The molecule has 2 aliphatic rings. The molecular weight excluding hydrogens is 455 g/mol. The van der Waals surface area contributed by atoms with Crippen molar-refractivity contribution >= 4 is 29.9 Å². The van der Waals surface area contributed by atoms with Gasteiger partial charge in [-0.25, -0.2) is 4.99 Å². The van der Waals surface area contributed by atoms with Crippen LogP contribution in [0.1, 0.15) is 63.0 Å². The minimum atomic E-state index is 0. The van der Waals surface area contributed by atoms with E-state index in [9.17, 15) is 0 Å². The van der Waals surface area contributed by atoms with Crippen molar-refractivity contribution in [2.45, 2.75) is 70.9 Å². The van der Waals surface area contributed by atoms with Gasteiger partial charge in [-0.2, -0.15) is 0 Å². The number of aromatic nitrogens is 3. The van der Waals surface area contributed by atoms with Crippen molar-refractivity contribution in [2.24, 2.45) is 18.0 Å². The predicted molar refractivity (Wildman–Crippen MR) is 118 cm³/mol. The monoisotopic (exact) mass is 490 g/mol. The molecule has 0 spiro atoms. The van der Waals surface area contributed by atoms with Crippen LogP contribution in [0.25, 0.3) is 0 Å². The van der Waals surface area contributed by atoms with Crippen molar-refractivity contribution in [1.82, 2.24) is 25.4 Å². The number of aryl methyl sites for hydroxylation is 1. The molecule has 0 radical (unpaired) electrons. The Balaban J connectivity index is 0.00000261. The van der Waals surface area contributed by atoms with Crippen LogP contribution in [0, 0.1) is 12.8 Å². The molecule has 8 heteroatoms. The van der Waals surface area contributed by atoms with Crippen LogP contribution in [0.4, 0.5) is 0 Å². The molecule has 1 atom stereocenters. The van der Waals surface area contributed by atoms with Crippen LogP contribution in [0.2, 0.25) is 0 Å². The Morgan fingerprint density at radius 2 is 2.00 bits per heavy atom. The normalized spacial score (nSPS) is 20.7. The first-order chi connectivity index (χ1) is 12.7. The highest BCUT2D eigenvalue weighted by atomic mass is 127. The number of guanidine groups is 1. The van der Waals surface area contributed by atoms with Crippen molar-refractivity contribution in [3.63, 3.8) is 0 Å². The molecule has 0 amide bonds. The van der Waals surface area contributed by atoms with Crippen molar-refractivity contribution < 1.29 is 4.74 Å². The fraction of sp³-hybridized carbons (Fsp3) is 0.842. The van der Waals surface area contributed by atoms with E-state index < -0.39 is 0 Å². The third kappa shape index (κ3) is 7.21. The highest BCUT2D eigenvalue weighted by Gasteiger charge is 2.16. The average molecular weight is 490 g/mol. The van der Waals surface area contributed by atoms with E-state index in [4.69, 9.17) is 9.73 Å². The van der Waals surface area contributed by atoms with Crippen LogP contribution in [0.3, 0.4) is 0 Å². The van der Waals surface area contributed by atoms with E-state index in [-0.39, 0.29) is 24.0 Å². The third-order valence-electron chi connectivity index (χ3n) is 5.64. The molecule has 1 unspecified atom stereocenters. The lowest BCUT2D eigenvalue weighted by Crippen LogP contribution is -2.41. The number of aliphatic imine (C=N–C) groups is 1. The topological polar surface area (TPSA) is 76.4 Å². The number of ether oxygens (including phenoxy) is 1. The van der Waals surface area contributed by atoms with Gasteiger partial charge in [-0.05, 0) is 38.5 Å². The van der Waals surface area contributed by atoms with E-state index in [1.165, 1.54) is 38.5 Å². The van der Waals surface area contributed by atoms with Gasteiger partial charge in [-0.1, -0.05) is 25.7 Å². The first-order valence-electron chi connectivity index (χ1n) is 10.2. The molecule has 27 heavy (non-hydrogen) atoms. The summed E-state index contributed by atoms with van der Waals surface area (Å²) >= 11 is 0. The van der Waals surface area contributed by atoms with E-state index in [0.717, 1.165) is 56.1 Å². The van der Waals surface area contributed by atoms with Gasteiger partial charge in [-0.15, -0.1) is 34.2 Å². The fourth-order valence-corrected chi connectivity index (χ4v) is 3.83. The van der Waals surface area contributed by atoms with Gasteiger partial charge in [-0.3, -0.25) is 0 Å². The molecule has 2 fully saturated rings. The predicted octanol–water partition coefficient (Wildman–Crippen LogP) is 2.93. The lowest BCUT2D eigenvalue weighted by Gasteiger charge is -2.16. The summed E-state index contributed by atoms with van der Waals surface area (Å²) in [6.45, 7) is 5.14. The molecule has 1 aromatic rings. The fourth-order valence-electron chi connectivity index (χ4n) is 3.83. The maximum absolute atomic E-state index is 5.71. The van der Waals surface area contributed by atoms with Gasteiger partial charge in [0.15, 0.2) is 11.8 Å². The second-order valence-corrected chi connectivity index (χ2v) is 7.62. The zero-order valence-electron chi connectivity index (χ0n) is 16.7. The number of nitrogens with zero attached hydrogens (tertiary/aromatic N) is 4. The minimum absolute atomic E-state index is 0. The van der Waals surface area contributed by atoms with E-state index in [2.05, 4.69) is 20.8 Å². The van der Waals surface area contributed by atoms with E-state index in [0.29, 0.717) is 12.6 Å². The molecule has 2 heterocycles. The Morgan fingerprint density at radius 3 is 2.67 bits per heavy atom. The number of hydrogen-bond donors (Lipinski definition) is 2. The Hall–Kier alpha value is -0.900. The second kappa shape index (κ2) is 11.8. The van der Waals surface area contributed by atoms with Crippen LogP contribution in [-0.2, 0) is 18.3 Å². The van der Waals surface area contributed by atoms with E-state index in [1.54, 1.807) is 0 Å². The lowest BCUT2D eigenvalue weighted by atomic mass is 10.0. The highest BCUT2D eigenvalue weighted by Crippen LogP contribution is 2.28. The Labute approximate surface area is 180 Å². The lowest BCUT2D eigenvalue weighted by molar-refractivity contribution is 0.114. The Bertz CT molecular complexity index is 579. The Kier molecular flexibility index (Phi) is 9.81. The molecule has 1 aromatic heterocycles. The summed E-state index contributed by atoms with van der Waals surface area (Å²) in [7, 11) is 1.98. The Morgan fingerprint density at radius 1 is 1.19 bits per heavy atom. The van der Waals surface area contributed by atoms with Crippen molar-refractivity contribution in [1.29, 1.82) is 0 Å². The summed E-state index contributed by atoms with van der Waals surface area (Å²) in [5.41, 5.74) is 0. The van der Waals surface area contributed by atoms with Crippen LogP contribution >= 0.6 is 24.0 Å². The first kappa shape index (κ1) is 22.4. The van der Waals surface area contributed by atoms with Gasteiger partial charge in [0.25, 0.3) is 0 Å². The summed E-state index contributed by atoms with van der Waals surface area (Å²) < 4.78 is 7.70. The van der Waals surface area contributed by atoms with E-state index >= 15 is 0 Å². The summed E-state index contributed by atoms with van der Waals surface area (Å²) in [5.74, 6) is 3.59. The van der Waals surface area contributed by atoms with Crippen LogP contribution in [0.15, 0.2) is 4.99 Å². The molecule has 2 N–H and O–H groups in total. The molecule has 1 aliphatic carbocycles. The second-order valence-electron chi connectivity index (χ2n) is 7.62. The summed E-state index contributed by atoms with van der Waals surface area (Å²) in [4.78, 5) is 4.71. The molecule has 7 nitrogen and oxygen atoms in total. The molecule has 1 saturated heterocycles. The van der Waals surface area contributed by atoms with Crippen molar-refractivity contribution in [2.75, 3.05) is 19.7 Å². The van der Waals surface area contributed by atoms with Crippen molar-refractivity contribution in [3.05, 3.63) is 11.6 Å². The van der Waals surface area contributed by atoms with Gasteiger partial charge in [0.1, 0.15) is 12.4 Å². The number of rotatable bonds is 8. The standard InChI is InChI=1S/C19H34N6O.HI/c1-15-23-24-18(25(15)2)14-22-19(21-13-17-10-6-12-26-17)20-11-5-9-16-7-3-4-8-16;/h16-17H,3-14H2,1-2H3,(H2,20,21,22);1H. The maximum Gasteiger partial charge on any atom is 0.191 e. The zero-order chi connectivity index (χ0) is 18.2. The number of hydrogen-bond acceptors (Lipinski definition) is 4. The zero-order valence-corrected chi connectivity index (χ0v) is 19.1. The minimum Gasteiger partial charge on any atom is -0.376 e. The average Bonchev–Trinajstić information content (AvgIpc) is 3.39. The maximum atomic E-state index is 5.71. The summed E-state index contributed by atoms with van der Waals surface area (Å²) in [6.07, 6.45) is 10.8. The molecule has 154 valence electrons. The van der Waals surface area contributed by atoms with E-state index in [1.807, 2.05) is 18.5 Å². The molecule has 1 saturated carbocycles. The van der Waals surface area contributed by atoms with Gasteiger partial charge in [0.05, 0.1) is 6.10 Å². The van der Waals surface area contributed by atoms with Crippen LogP contribution in [0.5, 0.6) is 0 Å².